The van der Waals surface area contributed by atoms with Crippen LogP contribution in [0.15, 0.2) is 84.4 Å². The molecule has 0 saturated carbocycles. The van der Waals surface area contributed by atoms with Crippen molar-refractivity contribution in [1.29, 1.82) is 0 Å². The minimum absolute atomic E-state index is 0.0291. The molecule has 0 radical (unpaired) electrons. The highest BCUT2D eigenvalue weighted by Gasteiger charge is 2.41. The van der Waals surface area contributed by atoms with Crippen LogP contribution in [0.4, 0.5) is 17.1 Å². The van der Waals surface area contributed by atoms with Gasteiger partial charge in [-0.3, -0.25) is 29.5 Å². The molecule has 0 atom stereocenters. The van der Waals surface area contributed by atoms with Crippen LogP contribution in [0.3, 0.4) is 0 Å². The molecule has 8 nitrogen and oxygen atoms in total. The molecule has 3 aromatic carbocycles. The molecule has 40 heavy (non-hydrogen) atoms. The molecule has 200 valence electrons. The van der Waals surface area contributed by atoms with E-state index in [2.05, 4.69) is 0 Å². The number of anilines is 2. The molecule has 0 unspecified atom stereocenters. The number of aryl methyl sites for hydroxylation is 3. The van der Waals surface area contributed by atoms with Crippen LogP contribution < -0.4 is 9.80 Å². The molecule has 2 amide bonds. The first kappa shape index (κ1) is 26.7. The fourth-order valence-corrected chi connectivity index (χ4v) is 5.24. The topological polar surface area (TPSA) is 88.7 Å². The molecule has 4 aromatic rings. The van der Waals surface area contributed by atoms with Gasteiger partial charge in [0.1, 0.15) is 5.57 Å². The Kier molecular flexibility index (Phi) is 6.91. The number of benzene rings is 3. The molecule has 0 N–H and O–H groups in total. The van der Waals surface area contributed by atoms with Crippen LogP contribution in [-0.4, -0.2) is 26.4 Å². The second kappa shape index (κ2) is 10.3. The van der Waals surface area contributed by atoms with Crippen LogP contribution in [0, 0.1) is 37.8 Å². The number of carbonyl (C=O) groups is 2. The summed E-state index contributed by atoms with van der Waals surface area (Å²) in [6.45, 7) is 7.65. The van der Waals surface area contributed by atoms with Crippen molar-refractivity contribution in [3.8, 4) is 5.69 Å². The fraction of sp³-hybridized carbons (Fsp3) is 0.129. The monoisotopic (exact) mass is 550 g/mol. The van der Waals surface area contributed by atoms with E-state index in [1.807, 2.05) is 62.6 Å². The summed E-state index contributed by atoms with van der Waals surface area (Å²) in [5, 5.41) is 11.4. The number of aromatic nitrogens is 1. The van der Waals surface area contributed by atoms with Crippen molar-refractivity contribution >= 4 is 52.3 Å². The lowest BCUT2D eigenvalue weighted by atomic mass is 10.0. The number of non-ortho nitro benzene ring substituents is 1. The van der Waals surface area contributed by atoms with Crippen LogP contribution in [0.1, 0.15) is 28.1 Å². The van der Waals surface area contributed by atoms with E-state index in [1.165, 1.54) is 21.9 Å². The number of nitro groups is 1. The zero-order valence-electron chi connectivity index (χ0n) is 22.4. The van der Waals surface area contributed by atoms with Crippen molar-refractivity contribution in [1.82, 2.24) is 4.57 Å². The Morgan fingerprint density at radius 3 is 2.05 bits per heavy atom. The minimum Gasteiger partial charge on any atom is -0.318 e. The van der Waals surface area contributed by atoms with E-state index in [4.69, 9.17) is 12.2 Å². The number of rotatable bonds is 5. The average Bonchev–Trinajstić information content (AvgIpc) is 3.21. The van der Waals surface area contributed by atoms with Gasteiger partial charge in [0.05, 0.1) is 22.0 Å². The molecular formula is C31H26N4O4S. The highest BCUT2D eigenvalue weighted by Crippen LogP contribution is 2.32. The summed E-state index contributed by atoms with van der Waals surface area (Å²) in [6, 6.07) is 22.8. The maximum Gasteiger partial charge on any atom is 0.271 e. The number of amides is 2. The van der Waals surface area contributed by atoms with Gasteiger partial charge in [0.25, 0.3) is 17.5 Å². The first-order valence-electron chi connectivity index (χ1n) is 12.6. The van der Waals surface area contributed by atoms with Gasteiger partial charge in [-0.15, -0.1) is 0 Å². The minimum atomic E-state index is -0.526. The van der Waals surface area contributed by atoms with Gasteiger partial charge in [-0.2, -0.15) is 0 Å². The third kappa shape index (κ3) is 4.60. The Bertz CT molecular complexity index is 1740. The first-order chi connectivity index (χ1) is 19.1. The van der Waals surface area contributed by atoms with Gasteiger partial charge >= 0.3 is 0 Å². The highest BCUT2D eigenvalue weighted by atomic mass is 32.1. The van der Waals surface area contributed by atoms with Crippen LogP contribution >= 0.6 is 12.2 Å². The van der Waals surface area contributed by atoms with Gasteiger partial charge in [0.2, 0.25) is 0 Å². The van der Waals surface area contributed by atoms with Crippen molar-refractivity contribution in [2.45, 2.75) is 27.7 Å². The van der Waals surface area contributed by atoms with E-state index in [1.54, 1.807) is 42.5 Å². The Morgan fingerprint density at radius 1 is 0.750 bits per heavy atom. The summed E-state index contributed by atoms with van der Waals surface area (Å²) < 4.78 is 1.86. The smallest absolute Gasteiger partial charge is 0.271 e. The summed E-state index contributed by atoms with van der Waals surface area (Å²) in [4.78, 5) is 41.5. The molecule has 5 rings (SSSR count). The zero-order valence-corrected chi connectivity index (χ0v) is 23.2. The van der Waals surface area contributed by atoms with Crippen molar-refractivity contribution in [3.63, 3.8) is 0 Å². The van der Waals surface area contributed by atoms with E-state index in [0.717, 1.165) is 22.5 Å². The van der Waals surface area contributed by atoms with Gasteiger partial charge in [0, 0.05) is 23.5 Å². The van der Waals surface area contributed by atoms with Crippen LogP contribution in [-0.2, 0) is 9.59 Å². The quantitative estimate of drug-likeness (QED) is 0.0948. The number of para-hydroxylation sites is 1. The van der Waals surface area contributed by atoms with Crippen LogP contribution in [0.25, 0.3) is 11.8 Å². The summed E-state index contributed by atoms with van der Waals surface area (Å²) >= 11 is 5.73. The van der Waals surface area contributed by atoms with Gasteiger partial charge in [-0.1, -0.05) is 30.3 Å². The van der Waals surface area contributed by atoms with Gasteiger partial charge < -0.3 is 4.57 Å². The SMILES string of the molecule is Cc1ccc(N2C(=O)C(=Cc3cc(C)n(-c4cccc([N+](=O)[O-])c4)c3C)C(=O)N(c3ccccc3)C2=S)cc1C. The molecular weight excluding hydrogens is 524 g/mol. The Morgan fingerprint density at radius 2 is 1.40 bits per heavy atom. The average molecular weight is 551 g/mol. The van der Waals surface area contributed by atoms with Gasteiger partial charge in [-0.05, 0) is 99.1 Å². The summed E-state index contributed by atoms with van der Waals surface area (Å²) in [5.41, 5.74) is 5.87. The van der Waals surface area contributed by atoms with Crippen molar-refractivity contribution < 1.29 is 14.5 Å². The Hall–Kier alpha value is -4.89. The fourth-order valence-electron chi connectivity index (χ4n) is 4.86. The lowest BCUT2D eigenvalue weighted by Crippen LogP contribution is -2.57. The number of carbonyl (C=O) groups excluding carboxylic acids is 2. The molecule has 1 saturated heterocycles. The van der Waals surface area contributed by atoms with E-state index in [-0.39, 0.29) is 16.4 Å². The van der Waals surface area contributed by atoms with Crippen molar-refractivity contribution in [2.24, 2.45) is 0 Å². The van der Waals surface area contributed by atoms with Crippen molar-refractivity contribution in [3.05, 3.63) is 123 Å². The normalized spacial score (nSPS) is 14.8. The third-order valence-corrected chi connectivity index (χ3v) is 7.45. The maximum atomic E-state index is 14.0. The first-order valence-corrected chi connectivity index (χ1v) is 13.0. The van der Waals surface area contributed by atoms with E-state index >= 15 is 0 Å². The van der Waals surface area contributed by atoms with Gasteiger partial charge in [-0.25, -0.2) is 0 Å². The molecule has 0 spiro atoms. The number of hydrogen-bond acceptors (Lipinski definition) is 5. The lowest BCUT2D eigenvalue weighted by Gasteiger charge is -2.36. The molecule has 9 heteroatoms. The summed E-state index contributed by atoms with van der Waals surface area (Å²) in [7, 11) is 0. The molecule has 1 aromatic heterocycles. The number of nitrogens with zero attached hydrogens (tertiary/aromatic N) is 4. The van der Waals surface area contributed by atoms with E-state index in [0.29, 0.717) is 22.6 Å². The second-order valence-electron chi connectivity index (χ2n) is 9.66. The van der Waals surface area contributed by atoms with Crippen LogP contribution in [0.2, 0.25) is 0 Å². The second-order valence-corrected chi connectivity index (χ2v) is 10.0. The lowest BCUT2D eigenvalue weighted by molar-refractivity contribution is -0.384. The predicted molar refractivity (Wildman–Crippen MR) is 160 cm³/mol. The number of nitro benzene ring substituents is 1. The molecule has 2 heterocycles. The van der Waals surface area contributed by atoms with E-state index in [9.17, 15) is 19.7 Å². The van der Waals surface area contributed by atoms with Gasteiger partial charge in [0.15, 0.2) is 5.11 Å². The van der Waals surface area contributed by atoms with Crippen molar-refractivity contribution in [2.75, 3.05) is 9.80 Å². The highest BCUT2D eigenvalue weighted by molar-refractivity contribution is 7.81. The molecule has 1 fully saturated rings. The zero-order chi connectivity index (χ0) is 28.7. The number of hydrogen-bond donors (Lipinski definition) is 0. The largest absolute Gasteiger partial charge is 0.318 e. The van der Waals surface area contributed by atoms with E-state index < -0.39 is 16.7 Å². The predicted octanol–water partition coefficient (Wildman–Crippen LogP) is 6.37. The molecule has 0 bridgehead atoms. The maximum absolute atomic E-state index is 14.0. The number of thiocarbonyl (C=S) groups is 1. The standard InChI is InChI=1S/C31H26N4O4S/c1-19-13-14-26(15-20(19)2)34-30(37)28(29(36)33(31(34)40)24-9-6-5-7-10-24)17-23-16-21(3)32(22(23)4)25-11-8-12-27(18-25)35(38)39/h5-18H,1-4H3. The Labute approximate surface area is 236 Å². The molecule has 1 aliphatic heterocycles. The third-order valence-electron chi connectivity index (χ3n) is 7.08. The summed E-state index contributed by atoms with van der Waals surface area (Å²) in [6.07, 6.45) is 1.58. The molecule has 1 aliphatic rings. The summed E-state index contributed by atoms with van der Waals surface area (Å²) in [5.74, 6) is -1.05. The van der Waals surface area contributed by atoms with Crippen LogP contribution in [0.5, 0.6) is 0 Å². The molecule has 0 aliphatic carbocycles. The Balaban J connectivity index is 1.66.